The molecular formula is C40H45Cl4F2N5O6. The second-order valence-electron chi connectivity index (χ2n) is 13.9. The summed E-state index contributed by atoms with van der Waals surface area (Å²) in [5, 5.41) is -0.164. The number of piperazine rings is 1. The van der Waals surface area contributed by atoms with Crippen LogP contribution < -0.4 is 9.47 Å². The van der Waals surface area contributed by atoms with Crippen LogP contribution in [0.4, 0.5) is 13.6 Å². The molecule has 2 unspecified atom stereocenters. The molecule has 0 N–H and O–H groups in total. The van der Waals surface area contributed by atoms with Gasteiger partial charge in [0.25, 0.3) is 11.8 Å². The molecule has 4 aromatic rings. The van der Waals surface area contributed by atoms with Gasteiger partial charge in [-0.2, -0.15) is 0 Å². The SMILES string of the molecule is CC(C)(C)OC(=O)N1CCN(C(=O)c2cccc(Cl)c2F)C(COc2cccnc2)C1.Cl.Cl.O=C(c1cccc(Cl)c1F)N1CCCCC1COc1cccnc1. The normalized spacial score (nSPS) is 16.5. The number of carbonyl (C=O) groups is 3. The molecule has 3 amide bonds. The Morgan fingerprint density at radius 3 is 1.72 bits per heavy atom. The fourth-order valence-corrected chi connectivity index (χ4v) is 6.45. The quantitative estimate of drug-likeness (QED) is 0.173. The molecule has 2 aromatic carbocycles. The highest BCUT2D eigenvalue weighted by Gasteiger charge is 2.36. The van der Waals surface area contributed by atoms with E-state index in [0.29, 0.717) is 24.7 Å². The maximum Gasteiger partial charge on any atom is 0.410 e. The second-order valence-corrected chi connectivity index (χ2v) is 14.7. The summed E-state index contributed by atoms with van der Waals surface area (Å²) in [6.07, 6.45) is 8.75. The molecule has 2 fully saturated rings. The van der Waals surface area contributed by atoms with Crippen molar-refractivity contribution in [1.29, 1.82) is 0 Å². The Labute approximate surface area is 353 Å². The van der Waals surface area contributed by atoms with Crippen LogP contribution in [0.2, 0.25) is 10.0 Å². The summed E-state index contributed by atoms with van der Waals surface area (Å²) in [4.78, 5) is 51.2. The molecule has 0 bridgehead atoms. The Morgan fingerprint density at radius 1 is 0.719 bits per heavy atom. The molecule has 0 radical (unpaired) electrons. The fraction of sp³-hybridized carbons (Fsp3) is 0.375. The van der Waals surface area contributed by atoms with Crippen LogP contribution >= 0.6 is 48.0 Å². The molecule has 308 valence electrons. The molecule has 57 heavy (non-hydrogen) atoms. The van der Waals surface area contributed by atoms with Gasteiger partial charge in [0.2, 0.25) is 0 Å². The van der Waals surface area contributed by atoms with Gasteiger partial charge in [-0.3, -0.25) is 19.6 Å². The Bertz CT molecular complexity index is 1930. The van der Waals surface area contributed by atoms with Gasteiger partial charge in [-0.05, 0) is 88.6 Å². The summed E-state index contributed by atoms with van der Waals surface area (Å²) in [7, 11) is 0. The molecule has 4 heterocycles. The first kappa shape index (κ1) is 46.9. The van der Waals surface area contributed by atoms with Gasteiger partial charge in [0.1, 0.15) is 30.3 Å². The van der Waals surface area contributed by atoms with Crippen LogP contribution in [0.25, 0.3) is 0 Å². The summed E-state index contributed by atoms with van der Waals surface area (Å²) in [5.74, 6) is -1.10. The van der Waals surface area contributed by atoms with Crippen LogP contribution in [0.3, 0.4) is 0 Å². The highest BCUT2D eigenvalue weighted by Crippen LogP contribution is 2.26. The third-order valence-corrected chi connectivity index (χ3v) is 9.38. The van der Waals surface area contributed by atoms with Crippen molar-refractivity contribution >= 4 is 65.9 Å². The maximum absolute atomic E-state index is 14.5. The highest BCUT2D eigenvalue weighted by atomic mass is 35.5. The van der Waals surface area contributed by atoms with Crippen molar-refractivity contribution in [3.8, 4) is 11.5 Å². The Hall–Kier alpha value is -4.43. The number of piperidine rings is 1. The number of hydrogen-bond donors (Lipinski definition) is 0. The molecule has 2 saturated heterocycles. The number of ether oxygens (including phenoxy) is 3. The largest absolute Gasteiger partial charge is 0.490 e. The third-order valence-electron chi connectivity index (χ3n) is 8.80. The zero-order chi connectivity index (χ0) is 39.5. The van der Waals surface area contributed by atoms with Crippen LogP contribution in [-0.2, 0) is 4.74 Å². The number of pyridine rings is 2. The van der Waals surface area contributed by atoms with Gasteiger partial charge >= 0.3 is 6.09 Å². The van der Waals surface area contributed by atoms with Gasteiger partial charge < -0.3 is 28.9 Å². The van der Waals surface area contributed by atoms with Gasteiger partial charge in [-0.25, -0.2) is 13.6 Å². The molecule has 2 aromatic heterocycles. The average molecular weight is 872 g/mol. The maximum atomic E-state index is 14.5. The summed E-state index contributed by atoms with van der Waals surface area (Å²) in [6, 6.07) is 15.3. The number of amides is 3. The Morgan fingerprint density at radius 2 is 1.23 bits per heavy atom. The number of hydrogen-bond acceptors (Lipinski definition) is 8. The van der Waals surface area contributed by atoms with Gasteiger partial charge in [0, 0.05) is 38.6 Å². The lowest BCUT2D eigenvalue weighted by atomic mass is 10.0. The predicted molar refractivity (Wildman–Crippen MR) is 218 cm³/mol. The van der Waals surface area contributed by atoms with Crippen molar-refractivity contribution in [2.45, 2.75) is 57.7 Å². The first-order chi connectivity index (χ1) is 26.3. The zero-order valence-electron chi connectivity index (χ0n) is 31.6. The average Bonchev–Trinajstić information content (AvgIpc) is 3.18. The number of rotatable bonds is 8. The first-order valence-electron chi connectivity index (χ1n) is 17.9. The van der Waals surface area contributed by atoms with Crippen molar-refractivity contribution in [2.24, 2.45) is 0 Å². The van der Waals surface area contributed by atoms with Crippen LogP contribution in [0.5, 0.6) is 11.5 Å². The lowest BCUT2D eigenvalue weighted by Gasteiger charge is -2.41. The van der Waals surface area contributed by atoms with E-state index in [1.54, 1.807) is 74.7 Å². The lowest BCUT2D eigenvalue weighted by Crippen LogP contribution is -2.59. The minimum absolute atomic E-state index is 0. The first-order valence-corrected chi connectivity index (χ1v) is 18.6. The van der Waals surface area contributed by atoms with Crippen LogP contribution in [0.15, 0.2) is 85.5 Å². The van der Waals surface area contributed by atoms with Crippen molar-refractivity contribution < 1.29 is 37.4 Å². The highest BCUT2D eigenvalue weighted by molar-refractivity contribution is 6.31. The summed E-state index contributed by atoms with van der Waals surface area (Å²) in [5.41, 5.74) is -0.754. The molecule has 0 spiro atoms. The predicted octanol–water partition coefficient (Wildman–Crippen LogP) is 8.81. The molecular weight excluding hydrogens is 826 g/mol. The summed E-state index contributed by atoms with van der Waals surface area (Å²) >= 11 is 11.7. The van der Waals surface area contributed by atoms with E-state index in [1.807, 2.05) is 6.07 Å². The van der Waals surface area contributed by atoms with E-state index in [4.69, 9.17) is 37.4 Å². The summed E-state index contributed by atoms with van der Waals surface area (Å²) in [6.45, 7) is 7.05. The summed E-state index contributed by atoms with van der Waals surface area (Å²) < 4.78 is 45.6. The lowest BCUT2D eigenvalue weighted by molar-refractivity contribution is -0.00107. The monoisotopic (exact) mass is 869 g/mol. The molecule has 6 rings (SSSR count). The van der Waals surface area contributed by atoms with Gasteiger partial charge in [-0.15, -0.1) is 24.8 Å². The zero-order valence-corrected chi connectivity index (χ0v) is 34.8. The number of nitrogens with zero attached hydrogens (tertiary/aromatic N) is 5. The van der Waals surface area contributed by atoms with E-state index >= 15 is 0 Å². The molecule has 2 aliphatic rings. The number of halogens is 6. The van der Waals surface area contributed by atoms with E-state index in [2.05, 4.69) is 9.97 Å². The van der Waals surface area contributed by atoms with Crippen molar-refractivity contribution in [3.05, 3.63) is 118 Å². The van der Waals surface area contributed by atoms with Gasteiger partial charge in [-0.1, -0.05) is 35.3 Å². The van der Waals surface area contributed by atoms with Crippen molar-refractivity contribution in [2.75, 3.05) is 39.4 Å². The van der Waals surface area contributed by atoms with Crippen LogP contribution in [0, 0.1) is 11.6 Å². The fourth-order valence-electron chi connectivity index (χ4n) is 6.10. The number of benzene rings is 2. The van der Waals surface area contributed by atoms with E-state index < -0.39 is 35.3 Å². The van der Waals surface area contributed by atoms with E-state index in [0.717, 1.165) is 19.3 Å². The number of carbonyl (C=O) groups excluding carboxylic acids is 3. The molecule has 0 aliphatic carbocycles. The van der Waals surface area contributed by atoms with Gasteiger partial charge in [0.05, 0.1) is 45.6 Å². The standard InChI is InChI=1S/C22H25ClFN3O4.C18H18ClFN2O2.2ClH/c1-22(2,3)31-21(29)26-10-11-27(20(28)17-7-4-8-18(23)19(17)24)15(13-26)14-30-16-6-5-9-25-12-16;19-16-8-3-7-15(17(16)20)18(23)22-10-2-1-5-13(22)12-24-14-6-4-9-21-11-14;;/h4-9,12,15H,10-11,13-14H2,1-3H3;3-4,6-9,11,13H,1-2,5,10,12H2;2*1H. The molecule has 0 saturated carbocycles. The molecule has 2 atom stereocenters. The minimum Gasteiger partial charge on any atom is -0.490 e. The smallest absolute Gasteiger partial charge is 0.410 e. The van der Waals surface area contributed by atoms with Crippen molar-refractivity contribution in [3.63, 3.8) is 0 Å². The molecule has 11 nitrogen and oxygen atoms in total. The molecule has 17 heteroatoms. The third kappa shape index (κ3) is 13.0. The van der Waals surface area contributed by atoms with Crippen LogP contribution in [0.1, 0.15) is 60.7 Å². The Balaban J connectivity index is 0.000000303. The topological polar surface area (TPSA) is 114 Å². The molecule has 2 aliphatic heterocycles. The van der Waals surface area contributed by atoms with E-state index in [1.165, 1.54) is 40.1 Å². The second kappa shape index (κ2) is 21.9. The number of aromatic nitrogens is 2. The van der Waals surface area contributed by atoms with Crippen LogP contribution in [-0.4, -0.2) is 99.7 Å². The minimum atomic E-state index is -0.768. The number of likely N-dealkylation sites (tertiary alicyclic amines) is 1. The Kier molecular flexibility index (Phi) is 18.1. The van der Waals surface area contributed by atoms with E-state index in [-0.39, 0.29) is 84.2 Å². The van der Waals surface area contributed by atoms with E-state index in [9.17, 15) is 23.2 Å². The van der Waals surface area contributed by atoms with Crippen molar-refractivity contribution in [1.82, 2.24) is 24.7 Å². The van der Waals surface area contributed by atoms with Gasteiger partial charge in [0.15, 0.2) is 11.6 Å².